The molecule has 0 spiro atoms. The SMILES string of the molecule is CCCN(CCC)C(=O)c1cc(C)cc(C(=O)CC(Cc2cc(F)cc(F)c2)[C@H](O)C2CCCNC2=O)c1. The highest BCUT2D eigenvalue weighted by Crippen LogP contribution is 2.28. The Balaban J connectivity index is 1.89. The number of benzene rings is 2. The third kappa shape index (κ3) is 7.69. The standard InChI is InChI=1S/C30H38F2N2O4/c1-4-9-34(10-5-2)30(38)23-12-19(3)11-21(16-23)27(35)17-22(13-20-14-24(31)18-25(32)15-20)28(36)26-7-6-8-33-29(26)37/h11-12,14-16,18,22,26,28,36H,4-10,13,17H2,1-3H3,(H,33,37)/t22?,26?,28-/m0/s1. The van der Waals surface area contributed by atoms with E-state index in [9.17, 15) is 28.3 Å². The van der Waals surface area contributed by atoms with Crippen LogP contribution in [-0.2, 0) is 11.2 Å². The summed E-state index contributed by atoms with van der Waals surface area (Å²) in [7, 11) is 0. The lowest BCUT2D eigenvalue weighted by molar-refractivity contribution is -0.132. The van der Waals surface area contributed by atoms with E-state index in [-0.39, 0.29) is 30.4 Å². The van der Waals surface area contributed by atoms with Crippen molar-refractivity contribution >= 4 is 17.6 Å². The Hall–Kier alpha value is -3.13. The van der Waals surface area contributed by atoms with E-state index < -0.39 is 29.6 Å². The second-order valence-corrected chi connectivity index (χ2v) is 10.3. The van der Waals surface area contributed by atoms with Crippen molar-refractivity contribution in [2.75, 3.05) is 19.6 Å². The van der Waals surface area contributed by atoms with Crippen molar-refractivity contribution in [1.29, 1.82) is 0 Å². The average Bonchev–Trinajstić information content (AvgIpc) is 2.86. The van der Waals surface area contributed by atoms with Crippen molar-refractivity contribution in [3.05, 3.63) is 70.3 Å². The summed E-state index contributed by atoms with van der Waals surface area (Å²) in [6.07, 6.45) is 1.48. The first-order valence-corrected chi connectivity index (χ1v) is 13.5. The molecule has 3 rings (SSSR count). The van der Waals surface area contributed by atoms with Crippen LogP contribution in [0.15, 0.2) is 36.4 Å². The van der Waals surface area contributed by atoms with Crippen molar-refractivity contribution in [2.24, 2.45) is 11.8 Å². The minimum absolute atomic E-state index is 0.0176. The van der Waals surface area contributed by atoms with E-state index in [4.69, 9.17) is 0 Å². The van der Waals surface area contributed by atoms with Crippen LogP contribution in [0.1, 0.15) is 77.8 Å². The number of nitrogens with zero attached hydrogens (tertiary/aromatic N) is 1. The van der Waals surface area contributed by atoms with E-state index in [0.29, 0.717) is 49.2 Å². The van der Waals surface area contributed by atoms with E-state index in [1.165, 1.54) is 12.1 Å². The van der Waals surface area contributed by atoms with E-state index in [1.807, 2.05) is 20.8 Å². The van der Waals surface area contributed by atoms with Gasteiger partial charge in [-0.2, -0.15) is 0 Å². The Morgan fingerprint density at radius 1 is 1.03 bits per heavy atom. The summed E-state index contributed by atoms with van der Waals surface area (Å²) in [6.45, 7) is 7.57. The summed E-state index contributed by atoms with van der Waals surface area (Å²) in [5.74, 6) is -3.71. The highest BCUT2D eigenvalue weighted by Gasteiger charge is 2.35. The van der Waals surface area contributed by atoms with Gasteiger partial charge in [-0.3, -0.25) is 14.4 Å². The fraction of sp³-hybridized carbons (Fsp3) is 0.500. The summed E-state index contributed by atoms with van der Waals surface area (Å²) in [4.78, 5) is 40.9. The molecule has 1 saturated heterocycles. The van der Waals surface area contributed by atoms with Gasteiger partial charge in [0.1, 0.15) is 11.6 Å². The molecule has 1 heterocycles. The number of hydrogen-bond acceptors (Lipinski definition) is 4. The molecule has 1 fully saturated rings. The van der Waals surface area contributed by atoms with E-state index in [1.54, 1.807) is 23.1 Å². The van der Waals surface area contributed by atoms with Gasteiger partial charge >= 0.3 is 0 Å². The molecule has 3 atom stereocenters. The maximum atomic E-state index is 13.9. The van der Waals surface area contributed by atoms with Crippen LogP contribution in [-0.4, -0.2) is 53.3 Å². The van der Waals surface area contributed by atoms with Crippen molar-refractivity contribution in [2.45, 2.75) is 65.4 Å². The van der Waals surface area contributed by atoms with Crippen LogP contribution in [0.3, 0.4) is 0 Å². The molecular weight excluding hydrogens is 490 g/mol. The number of carbonyl (C=O) groups excluding carboxylic acids is 3. The minimum Gasteiger partial charge on any atom is -0.392 e. The fourth-order valence-corrected chi connectivity index (χ4v) is 5.26. The van der Waals surface area contributed by atoms with Crippen LogP contribution < -0.4 is 5.32 Å². The number of aryl methyl sites for hydroxylation is 1. The predicted octanol–water partition coefficient (Wildman–Crippen LogP) is 4.85. The first-order chi connectivity index (χ1) is 18.1. The van der Waals surface area contributed by atoms with Gasteiger partial charge in [-0.05, 0) is 86.4 Å². The van der Waals surface area contributed by atoms with E-state index >= 15 is 0 Å². The molecule has 206 valence electrons. The number of aliphatic hydroxyl groups excluding tert-OH is 1. The van der Waals surface area contributed by atoms with Gasteiger partial charge in [0.05, 0.1) is 12.0 Å². The summed E-state index contributed by atoms with van der Waals surface area (Å²) in [5, 5.41) is 14.0. The van der Waals surface area contributed by atoms with Crippen LogP contribution in [0.5, 0.6) is 0 Å². The first kappa shape index (κ1) is 29.4. The quantitative estimate of drug-likeness (QED) is 0.386. The number of hydrogen-bond donors (Lipinski definition) is 2. The number of aliphatic hydroxyl groups is 1. The van der Waals surface area contributed by atoms with Crippen LogP contribution in [0.2, 0.25) is 0 Å². The van der Waals surface area contributed by atoms with Gasteiger partial charge in [0.15, 0.2) is 5.78 Å². The van der Waals surface area contributed by atoms with Crippen LogP contribution in [0.25, 0.3) is 0 Å². The maximum Gasteiger partial charge on any atom is 0.253 e. The highest BCUT2D eigenvalue weighted by molar-refractivity contribution is 6.01. The van der Waals surface area contributed by atoms with E-state index in [0.717, 1.165) is 24.5 Å². The zero-order valence-electron chi connectivity index (χ0n) is 22.4. The second-order valence-electron chi connectivity index (χ2n) is 10.3. The molecule has 0 bridgehead atoms. The Labute approximate surface area is 223 Å². The molecule has 0 saturated carbocycles. The molecule has 2 N–H and O–H groups in total. The molecule has 38 heavy (non-hydrogen) atoms. The zero-order chi connectivity index (χ0) is 27.8. The number of nitrogens with one attached hydrogen (secondary N) is 1. The van der Waals surface area contributed by atoms with Crippen molar-refractivity contribution in [1.82, 2.24) is 10.2 Å². The number of piperidine rings is 1. The Morgan fingerprint density at radius 2 is 1.66 bits per heavy atom. The van der Waals surface area contributed by atoms with Crippen molar-refractivity contribution < 1.29 is 28.3 Å². The molecule has 0 radical (unpaired) electrons. The van der Waals surface area contributed by atoms with Gasteiger partial charge in [0.2, 0.25) is 5.91 Å². The number of amides is 2. The smallest absolute Gasteiger partial charge is 0.253 e. The molecule has 0 aromatic heterocycles. The Morgan fingerprint density at radius 3 is 2.26 bits per heavy atom. The topological polar surface area (TPSA) is 86.7 Å². The normalized spacial score (nSPS) is 17.0. The summed E-state index contributed by atoms with van der Waals surface area (Å²) < 4.78 is 27.8. The third-order valence-corrected chi connectivity index (χ3v) is 7.01. The lowest BCUT2D eigenvalue weighted by Gasteiger charge is -2.31. The second kappa shape index (κ2) is 13.6. The Bertz CT molecular complexity index is 1130. The molecular formula is C30H38F2N2O4. The van der Waals surface area contributed by atoms with Crippen molar-refractivity contribution in [3.8, 4) is 0 Å². The monoisotopic (exact) mass is 528 g/mol. The fourth-order valence-electron chi connectivity index (χ4n) is 5.26. The molecule has 6 nitrogen and oxygen atoms in total. The number of halogens is 2. The lowest BCUT2D eigenvalue weighted by Crippen LogP contribution is -2.45. The number of rotatable bonds is 12. The molecule has 2 amide bonds. The molecule has 1 aliphatic rings. The summed E-state index contributed by atoms with van der Waals surface area (Å²) in [6, 6.07) is 8.14. The average molecular weight is 529 g/mol. The van der Waals surface area contributed by atoms with Gasteiger partial charge in [-0.1, -0.05) is 13.8 Å². The van der Waals surface area contributed by atoms with Gasteiger partial charge in [0.25, 0.3) is 5.91 Å². The predicted molar refractivity (Wildman–Crippen MR) is 142 cm³/mol. The largest absolute Gasteiger partial charge is 0.392 e. The van der Waals surface area contributed by atoms with Crippen molar-refractivity contribution in [3.63, 3.8) is 0 Å². The number of ketones is 1. The molecule has 8 heteroatoms. The molecule has 0 aliphatic carbocycles. The molecule has 1 aliphatic heterocycles. The van der Waals surface area contributed by atoms with Gasteiger partial charge in [0, 0.05) is 43.2 Å². The molecule has 2 aromatic rings. The number of Topliss-reactive ketones (excluding diaryl/α,β-unsaturated/α-hetero) is 1. The molecule has 2 unspecified atom stereocenters. The number of carbonyl (C=O) groups is 3. The van der Waals surface area contributed by atoms with Gasteiger partial charge in [-0.15, -0.1) is 0 Å². The molecule has 2 aromatic carbocycles. The van der Waals surface area contributed by atoms with Crippen LogP contribution in [0, 0.1) is 30.4 Å². The lowest BCUT2D eigenvalue weighted by atomic mass is 9.79. The first-order valence-electron chi connectivity index (χ1n) is 13.5. The van der Waals surface area contributed by atoms with Gasteiger partial charge in [-0.25, -0.2) is 8.78 Å². The third-order valence-electron chi connectivity index (χ3n) is 7.01. The Kier molecular flexibility index (Phi) is 10.5. The minimum atomic E-state index is -1.18. The maximum absolute atomic E-state index is 13.9. The van der Waals surface area contributed by atoms with Gasteiger partial charge < -0.3 is 15.3 Å². The summed E-state index contributed by atoms with van der Waals surface area (Å²) >= 11 is 0. The highest BCUT2D eigenvalue weighted by atomic mass is 19.1. The van der Waals surface area contributed by atoms with Crippen LogP contribution in [0.4, 0.5) is 8.78 Å². The summed E-state index contributed by atoms with van der Waals surface area (Å²) in [5.41, 5.74) is 1.80. The zero-order valence-corrected chi connectivity index (χ0v) is 22.4. The van der Waals surface area contributed by atoms with E-state index in [2.05, 4.69) is 5.32 Å². The van der Waals surface area contributed by atoms with Crippen LogP contribution >= 0.6 is 0 Å².